The molecular weight excluding hydrogens is 366 g/mol. The molecule has 1 atom stereocenters. The molecule has 2 rings (SSSR count). The van der Waals surface area contributed by atoms with Crippen molar-refractivity contribution in [1.29, 1.82) is 0 Å². The van der Waals surface area contributed by atoms with E-state index in [0.717, 1.165) is 16.7 Å². The molecule has 1 aromatic carbocycles. The smallest absolute Gasteiger partial charge is 0.326 e. The zero-order valence-corrected chi connectivity index (χ0v) is 14.8. The normalized spacial score (nSPS) is 17.0. The number of nitrogens with zero attached hydrogens (tertiary/aromatic N) is 1. The molecule has 0 unspecified atom stereocenters. The Labute approximate surface area is 153 Å². The number of carboxylic acid groups (broad SMARTS) is 2. The number of carbonyl (C=O) groups excluding carboxylic acids is 1. The first kappa shape index (κ1) is 18.9. The summed E-state index contributed by atoms with van der Waals surface area (Å²) in [5.74, 6) is -2.43. The maximum absolute atomic E-state index is 12.6. The SMILES string of the molecule is COc1ccccc1/C=C1\SC(=S)N([C@@H](CCC(=O)O)C(=O)O)C1=O. The molecule has 1 heterocycles. The van der Waals surface area contributed by atoms with Crippen LogP contribution in [0.5, 0.6) is 5.75 Å². The maximum Gasteiger partial charge on any atom is 0.326 e. The third-order valence-corrected chi connectivity index (χ3v) is 4.81. The predicted molar refractivity (Wildman–Crippen MR) is 96.3 cm³/mol. The van der Waals surface area contributed by atoms with Crippen molar-refractivity contribution in [2.24, 2.45) is 0 Å². The van der Waals surface area contributed by atoms with Gasteiger partial charge in [-0.05, 0) is 18.6 Å². The van der Waals surface area contributed by atoms with Crippen LogP contribution in [0.15, 0.2) is 29.2 Å². The number of rotatable bonds is 7. The average molecular weight is 381 g/mol. The van der Waals surface area contributed by atoms with Gasteiger partial charge >= 0.3 is 11.9 Å². The number of amides is 1. The Hall–Kier alpha value is -2.39. The summed E-state index contributed by atoms with van der Waals surface area (Å²) in [6.07, 6.45) is 0.979. The summed E-state index contributed by atoms with van der Waals surface area (Å²) in [7, 11) is 1.50. The van der Waals surface area contributed by atoms with Crippen molar-refractivity contribution in [2.75, 3.05) is 7.11 Å². The summed E-state index contributed by atoms with van der Waals surface area (Å²) in [5.41, 5.74) is 0.655. The van der Waals surface area contributed by atoms with Gasteiger partial charge in [0.15, 0.2) is 0 Å². The number of hydrogen-bond donors (Lipinski definition) is 2. The van der Waals surface area contributed by atoms with E-state index in [2.05, 4.69) is 0 Å². The molecule has 132 valence electrons. The first-order valence-electron chi connectivity index (χ1n) is 7.19. The average Bonchev–Trinajstić information content (AvgIpc) is 2.82. The van der Waals surface area contributed by atoms with Crippen molar-refractivity contribution in [3.05, 3.63) is 34.7 Å². The summed E-state index contributed by atoms with van der Waals surface area (Å²) in [6.45, 7) is 0. The minimum atomic E-state index is -1.31. The minimum absolute atomic E-state index is 0.0870. The molecule has 1 aromatic rings. The molecule has 0 aliphatic carbocycles. The van der Waals surface area contributed by atoms with Gasteiger partial charge in [-0.2, -0.15) is 0 Å². The fraction of sp³-hybridized carbons (Fsp3) is 0.250. The number of thioether (sulfide) groups is 1. The van der Waals surface area contributed by atoms with E-state index < -0.39 is 23.9 Å². The molecule has 1 fully saturated rings. The Morgan fingerprint density at radius 1 is 1.36 bits per heavy atom. The Bertz CT molecular complexity index is 761. The number of methoxy groups -OCH3 is 1. The van der Waals surface area contributed by atoms with Gasteiger partial charge in [0.05, 0.1) is 12.0 Å². The Kier molecular flexibility index (Phi) is 6.16. The molecular formula is C16H15NO6S2. The molecule has 0 radical (unpaired) electrons. The van der Waals surface area contributed by atoms with Crippen molar-refractivity contribution in [3.63, 3.8) is 0 Å². The van der Waals surface area contributed by atoms with Crippen molar-refractivity contribution in [1.82, 2.24) is 4.90 Å². The Morgan fingerprint density at radius 3 is 2.64 bits per heavy atom. The molecule has 1 amide bonds. The monoisotopic (exact) mass is 381 g/mol. The second-order valence-electron chi connectivity index (χ2n) is 5.08. The highest BCUT2D eigenvalue weighted by Gasteiger charge is 2.40. The van der Waals surface area contributed by atoms with Gasteiger partial charge < -0.3 is 14.9 Å². The lowest BCUT2D eigenvalue weighted by Crippen LogP contribution is -2.44. The highest BCUT2D eigenvalue weighted by molar-refractivity contribution is 8.26. The van der Waals surface area contributed by atoms with Crippen LogP contribution in [0.4, 0.5) is 0 Å². The summed E-state index contributed by atoms with van der Waals surface area (Å²) < 4.78 is 5.31. The molecule has 1 aliphatic heterocycles. The first-order chi connectivity index (χ1) is 11.8. The van der Waals surface area contributed by atoms with Gasteiger partial charge in [-0.25, -0.2) is 4.79 Å². The van der Waals surface area contributed by atoms with Crippen molar-refractivity contribution >= 4 is 52.2 Å². The van der Waals surface area contributed by atoms with Gasteiger partial charge in [0.25, 0.3) is 5.91 Å². The molecule has 0 aromatic heterocycles. The van der Waals surface area contributed by atoms with Crippen LogP contribution in [0.1, 0.15) is 18.4 Å². The van der Waals surface area contributed by atoms with Crippen molar-refractivity contribution in [3.8, 4) is 5.75 Å². The number of aliphatic carboxylic acids is 2. The van der Waals surface area contributed by atoms with Crippen molar-refractivity contribution in [2.45, 2.75) is 18.9 Å². The minimum Gasteiger partial charge on any atom is -0.496 e. The van der Waals surface area contributed by atoms with E-state index in [1.54, 1.807) is 30.3 Å². The van der Waals surface area contributed by atoms with Crippen LogP contribution >= 0.6 is 24.0 Å². The lowest BCUT2D eigenvalue weighted by molar-refractivity contribution is -0.146. The molecule has 1 saturated heterocycles. The number of carbonyl (C=O) groups is 3. The highest BCUT2D eigenvalue weighted by atomic mass is 32.2. The second kappa shape index (κ2) is 8.13. The number of para-hydroxylation sites is 1. The zero-order chi connectivity index (χ0) is 18.6. The van der Waals surface area contributed by atoms with Gasteiger partial charge in [0.2, 0.25) is 0 Å². The number of benzene rings is 1. The molecule has 0 bridgehead atoms. The third kappa shape index (κ3) is 4.37. The van der Waals surface area contributed by atoms with Crippen LogP contribution in [-0.4, -0.2) is 50.4 Å². The van der Waals surface area contributed by atoms with Gasteiger partial charge in [-0.15, -0.1) is 0 Å². The second-order valence-corrected chi connectivity index (χ2v) is 6.76. The van der Waals surface area contributed by atoms with Gasteiger partial charge in [0, 0.05) is 12.0 Å². The highest BCUT2D eigenvalue weighted by Crippen LogP contribution is 2.36. The van der Waals surface area contributed by atoms with Gasteiger partial charge in [-0.3, -0.25) is 14.5 Å². The summed E-state index contributed by atoms with van der Waals surface area (Å²) >= 11 is 6.11. The number of carboxylic acids is 2. The van der Waals surface area contributed by atoms with E-state index in [-0.39, 0.29) is 22.1 Å². The zero-order valence-electron chi connectivity index (χ0n) is 13.2. The first-order valence-corrected chi connectivity index (χ1v) is 8.42. The van der Waals surface area contributed by atoms with Crippen LogP contribution in [0.3, 0.4) is 0 Å². The van der Waals surface area contributed by atoms with E-state index in [1.165, 1.54) is 7.11 Å². The predicted octanol–water partition coefficient (Wildman–Crippen LogP) is 2.21. The summed E-state index contributed by atoms with van der Waals surface area (Å²) in [6, 6.07) is 5.74. The molecule has 7 nitrogen and oxygen atoms in total. The van der Waals surface area contributed by atoms with Crippen LogP contribution in [0, 0.1) is 0 Å². The summed E-state index contributed by atoms with van der Waals surface area (Å²) in [4.78, 5) is 36.0. The van der Waals surface area contributed by atoms with E-state index in [4.69, 9.17) is 22.1 Å². The topological polar surface area (TPSA) is 104 Å². The number of ether oxygens (including phenoxy) is 1. The largest absolute Gasteiger partial charge is 0.496 e. The quantitative estimate of drug-likeness (QED) is 0.547. The van der Waals surface area contributed by atoms with Crippen LogP contribution in [-0.2, 0) is 14.4 Å². The van der Waals surface area contributed by atoms with E-state index in [0.29, 0.717) is 11.3 Å². The van der Waals surface area contributed by atoms with Crippen LogP contribution in [0.2, 0.25) is 0 Å². The number of thiocarbonyl (C=S) groups is 1. The van der Waals surface area contributed by atoms with Gasteiger partial charge in [0.1, 0.15) is 16.1 Å². The van der Waals surface area contributed by atoms with E-state index >= 15 is 0 Å². The summed E-state index contributed by atoms with van der Waals surface area (Å²) in [5, 5.41) is 18.1. The van der Waals surface area contributed by atoms with Gasteiger partial charge in [-0.1, -0.05) is 42.2 Å². The fourth-order valence-corrected chi connectivity index (χ4v) is 3.65. The Morgan fingerprint density at radius 2 is 2.04 bits per heavy atom. The van der Waals surface area contributed by atoms with Crippen LogP contribution in [0.25, 0.3) is 6.08 Å². The molecule has 25 heavy (non-hydrogen) atoms. The molecule has 9 heteroatoms. The van der Waals surface area contributed by atoms with Crippen LogP contribution < -0.4 is 4.74 Å². The Balaban J connectivity index is 2.30. The molecule has 1 aliphatic rings. The lowest BCUT2D eigenvalue weighted by Gasteiger charge is -2.22. The van der Waals surface area contributed by atoms with E-state index in [9.17, 15) is 19.5 Å². The van der Waals surface area contributed by atoms with E-state index in [1.807, 2.05) is 0 Å². The third-order valence-electron chi connectivity index (χ3n) is 3.48. The molecule has 0 saturated carbocycles. The maximum atomic E-state index is 12.6. The number of hydrogen-bond acceptors (Lipinski definition) is 6. The molecule has 2 N–H and O–H groups in total. The molecule has 0 spiro atoms. The standard InChI is InChI=1S/C16H15NO6S2/c1-23-11-5-3-2-4-9(11)8-12-14(20)17(16(24)25-12)10(15(21)22)6-7-13(18)19/h2-5,8,10H,6-7H2,1H3,(H,18,19)(H,21,22)/b12-8-/t10-/m0/s1. The fourth-order valence-electron chi connectivity index (χ4n) is 2.30. The van der Waals surface area contributed by atoms with Crippen molar-refractivity contribution < 1.29 is 29.3 Å². The lowest BCUT2D eigenvalue weighted by atomic mass is 10.1.